The Hall–Kier alpha value is -1.81. The monoisotopic (exact) mass is 273 g/mol. The van der Waals surface area contributed by atoms with Crippen LogP contribution in [0.2, 0.25) is 0 Å². The van der Waals surface area contributed by atoms with Crippen LogP contribution in [0, 0.1) is 0 Å². The molecule has 0 saturated carbocycles. The number of aryl methyl sites for hydroxylation is 1. The van der Waals surface area contributed by atoms with Crippen molar-refractivity contribution in [3.05, 3.63) is 48.0 Å². The van der Waals surface area contributed by atoms with Crippen molar-refractivity contribution in [1.82, 2.24) is 14.9 Å². The zero-order valence-electron chi connectivity index (χ0n) is 12.5. The number of benzene rings is 1. The molecule has 0 aliphatic rings. The molecule has 4 nitrogen and oxygen atoms in total. The van der Waals surface area contributed by atoms with E-state index < -0.39 is 0 Å². The maximum atomic E-state index is 5.20. The van der Waals surface area contributed by atoms with Gasteiger partial charge >= 0.3 is 0 Å². The zero-order valence-corrected chi connectivity index (χ0v) is 12.5. The molecule has 1 heterocycles. The highest BCUT2D eigenvalue weighted by Gasteiger charge is 2.13. The highest BCUT2D eigenvalue weighted by atomic mass is 16.5. The summed E-state index contributed by atoms with van der Waals surface area (Å²) in [6.45, 7) is 3.21. The highest BCUT2D eigenvalue weighted by Crippen LogP contribution is 2.20. The van der Waals surface area contributed by atoms with Gasteiger partial charge in [-0.2, -0.15) is 0 Å². The van der Waals surface area contributed by atoms with Gasteiger partial charge in [0.05, 0.1) is 7.11 Å². The third kappa shape index (κ3) is 3.39. The van der Waals surface area contributed by atoms with Gasteiger partial charge in [0.25, 0.3) is 0 Å². The summed E-state index contributed by atoms with van der Waals surface area (Å²) in [5.74, 6) is 2.01. The molecule has 20 heavy (non-hydrogen) atoms. The van der Waals surface area contributed by atoms with Gasteiger partial charge in [0.1, 0.15) is 11.6 Å². The summed E-state index contributed by atoms with van der Waals surface area (Å²) in [6, 6.07) is 8.47. The first-order valence-corrected chi connectivity index (χ1v) is 7.09. The Labute approximate surface area is 120 Å². The average molecular weight is 273 g/mol. The number of nitrogens with zero attached hydrogens (tertiary/aromatic N) is 2. The molecule has 1 aromatic carbocycles. The Balaban J connectivity index is 2.13. The number of imidazole rings is 1. The molecule has 2 rings (SSSR count). The SMILES string of the molecule is CCCn1ccnc1CC(NC)c1ccc(OC)cc1. The number of likely N-dealkylation sites (N-methyl/N-ethyl adjacent to an activating group) is 1. The largest absolute Gasteiger partial charge is 0.497 e. The van der Waals surface area contributed by atoms with Crippen molar-refractivity contribution in [3.8, 4) is 5.75 Å². The molecule has 0 saturated heterocycles. The van der Waals surface area contributed by atoms with Crippen molar-refractivity contribution >= 4 is 0 Å². The molecule has 0 spiro atoms. The number of hydrogen-bond acceptors (Lipinski definition) is 3. The van der Waals surface area contributed by atoms with Crippen LogP contribution in [0.25, 0.3) is 0 Å². The van der Waals surface area contributed by atoms with Crippen LogP contribution in [0.15, 0.2) is 36.7 Å². The van der Waals surface area contributed by atoms with Crippen molar-refractivity contribution in [2.75, 3.05) is 14.2 Å². The number of ether oxygens (including phenoxy) is 1. The second-order valence-electron chi connectivity index (χ2n) is 4.86. The summed E-state index contributed by atoms with van der Waals surface area (Å²) in [4.78, 5) is 4.48. The fraction of sp³-hybridized carbons (Fsp3) is 0.438. The standard InChI is InChI=1S/C16H23N3O/c1-4-10-19-11-9-18-16(19)12-15(17-2)13-5-7-14(20-3)8-6-13/h5-9,11,15,17H,4,10,12H2,1-3H3. The lowest BCUT2D eigenvalue weighted by molar-refractivity contribution is 0.414. The number of hydrogen-bond donors (Lipinski definition) is 1. The van der Waals surface area contributed by atoms with Gasteiger partial charge in [0, 0.05) is 31.4 Å². The van der Waals surface area contributed by atoms with Crippen LogP contribution >= 0.6 is 0 Å². The average Bonchev–Trinajstić information content (AvgIpc) is 2.92. The lowest BCUT2D eigenvalue weighted by Crippen LogP contribution is -2.20. The van der Waals surface area contributed by atoms with Crippen molar-refractivity contribution < 1.29 is 4.74 Å². The van der Waals surface area contributed by atoms with Crippen molar-refractivity contribution in [3.63, 3.8) is 0 Å². The van der Waals surface area contributed by atoms with E-state index in [1.54, 1.807) is 7.11 Å². The van der Waals surface area contributed by atoms with Crippen LogP contribution < -0.4 is 10.1 Å². The van der Waals surface area contributed by atoms with E-state index in [0.717, 1.165) is 31.0 Å². The normalized spacial score (nSPS) is 12.3. The summed E-state index contributed by atoms with van der Waals surface area (Å²) >= 11 is 0. The Kier molecular flexibility index (Phi) is 5.18. The molecule has 1 unspecified atom stereocenters. The van der Waals surface area contributed by atoms with Crippen molar-refractivity contribution in [2.45, 2.75) is 32.4 Å². The quantitative estimate of drug-likeness (QED) is 0.843. The third-order valence-electron chi connectivity index (χ3n) is 3.52. The third-order valence-corrected chi connectivity index (χ3v) is 3.52. The Morgan fingerprint density at radius 3 is 2.65 bits per heavy atom. The van der Waals surface area contributed by atoms with E-state index >= 15 is 0 Å². The second-order valence-corrected chi connectivity index (χ2v) is 4.86. The van der Waals surface area contributed by atoms with Gasteiger partial charge in [-0.05, 0) is 31.2 Å². The molecule has 2 aromatic rings. The second kappa shape index (κ2) is 7.10. The Morgan fingerprint density at radius 2 is 2.05 bits per heavy atom. The number of aromatic nitrogens is 2. The molecule has 0 fully saturated rings. The summed E-state index contributed by atoms with van der Waals surface area (Å²) in [7, 11) is 3.67. The number of rotatable bonds is 7. The van der Waals surface area contributed by atoms with Crippen LogP contribution in [-0.4, -0.2) is 23.7 Å². The molecular formula is C16H23N3O. The lowest BCUT2D eigenvalue weighted by Gasteiger charge is -2.17. The lowest BCUT2D eigenvalue weighted by atomic mass is 10.0. The van der Waals surface area contributed by atoms with Crippen LogP contribution in [0.4, 0.5) is 0 Å². The number of nitrogens with one attached hydrogen (secondary N) is 1. The first-order valence-electron chi connectivity index (χ1n) is 7.09. The Morgan fingerprint density at radius 1 is 1.30 bits per heavy atom. The van der Waals surface area contributed by atoms with Gasteiger partial charge in [0.15, 0.2) is 0 Å². The van der Waals surface area contributed by atoms with Crippen molar-refractivity contribution in [1.29, 1.82) is 0 Å². The first kappa shape index (κ1) is 14.6. The molecule has 0 bridgehead atoms. The van der Waals surface area contributed by atoms with E-state index in [2.05, 4.69) is 40.1 Å². The molecule has 1 atom stereocenters. The maximum Gasteiger partial charge on any atom is 0.118 e. The fourth-order valence-corrected chi connectivity index (χ4v) is 2.38. The molecule has 0 aliphatic heterocycles. The minimum atomic E-state index is 0.263. The van der Waals surface area contributed by atoms with Crippen LogP contribution in [0.5, 0.6) is 5.75 Å². The molecule has 0 aliphatic carbocycles. The summed E-state index contributed by atoms with van der Waals surface area (Å²) in [5, 5.41) is 3.37. The molecule has 0 amide bonds. The maximum absolute atomic E-state index is 5.20. The van der Waals surface area contributed by atoms with E-state index in [4.69, 9.17) is 4.74 Å². The minimum Gasteiger partial charge on any atom is -0.497 e. The molecule has 4 heteroatoms. The van der Waals surface area contributed by atoms with Gasteiger partial charge in [-0.15, -0.1) is 0 Å². The van der Waals surface area contributed by atoms with E-state index in [0.29, 0.717) is 0 Å². The Bertz CT molecular complexity index is 519. The van der Waals surface area contributed by atoms with Crippen LogP contribution in [-0.2, 0) is 13.0 Å². The summed E-state index contributed by atoms with van der Waals surface area (Å²) in [5.41, 5.74) is 1.25. The molecule has 0 radical (unpaired) electrons. The van der Waals surface area contributed by atoms with Gasteiger partial charge in [-0.1, -0.05) is 19.1 Å². The molecular weight excluding hydrogens is 250 g/mol. The molecule has 108 valence electrons. The van der Waals surface area contributed by atoms with Crippen LogP contribution in [0.3, 0.4) is 0 Å². The van der Waals surface area contributed by atoms with Gasteiger partial charge < -0.3 is 14.6 Å². The minimum absolute atomic E-state index is 0.263. The zero-order chi connectivity index (χ0) is 14.4. The molecule has 1 N–H and O–H groups in total. The summed E-state index contributed by atoms with van der Waals surface area (Å²) in [6.07, 6.45) is 5.94. The van der Waals surface area contributed by atoms with Gasteiger partial charge in [-0.25, -0.2) is 4.98 Å². The number of methoxy groups -OCH3 is 1. The van der Waals surface area contributed by atoms with E-state index in [9.17, 15) is 0 Å². The fourth-order valence-electron chi connectivity index (χ4n) is 2.38. The molecule has 1 aromatic heterocycles. The highest BCUT2D eigenvalue weighted by molar-refractivity contribution is 5.29. The van der Waals surface area contributed by atoms with Gasteiger partial charge in [0.2, 0.25) is 0 Å². The van der Waals surface area contributed by atoms with E-state index in [1.165, 1.54) is 5.56 Å². The first-order chi connectivity index (χ1) is 9.78. The van der Waals surface area contributed by atoms with Gasteiger partial charge in [-0.3, -0.25) is 0 Å². The van der Waals surface area contributed by atoms with E-state index in [1.807, 2.05) is 25.4 Å². The van der Waals surface area contributed by atoms with Crippen LogP contribution in [0.1, 0.15) is 30.8 Å². The smallest absolute Gasteiger partial charge is 0.118 e. The van der Waals surface area contributed by atoms with Crippen molar-refractivity contribution in [2.24, 2.45) is 0 Å². The van der Waals surface area contributed by atoms with E-state index in [-0.39, 0.29) is 6.04 Å². The predicted molar refractivity (Wildman–Crippen MR) is 81.0 cm³/mol. The predicted octanol–water partition coefficient (Wildman–Crippen LogP) is 2.80. The summed E-state index contributed by atoms with van der Waals surface area (Å²) < 4.78 is 7.43. The topological polar surface area (TPSA) is 39.1 Å².